The second kappa shape index (κ2) is 8.59. The van der Waals surface area contributed by atoms with E-state index in [1.807, 2.05) is 24.3 Å². The Labute approximate surface area is 179 Å². The van der Waals surface area contributed by atoms with Gasteiger partial charge in [0.15, 0.2) is 5.69 Å². The standard InChI is InChI=1S/C23H22FN3O4/c1-3-31-23(29)21-18-14-26(22(28)17-6-4-5-7-19(17)24)13-12-20(18)27(25-21)15-8-10-16(30-2)11-9-15/h4-11H,3,12-14H2,1-2H3. The highest BCUT2D eigenvalue weighted by Crippen LogP contribution is 2.28. The minimum atomic E-state index is -0.571. The normalized spacial score (nSPS) is 12.9. The zero-order valence-corrected chi connectivity index (χ0v) is 17.3. The summed E-state index contributed by atoms with van der Waals surface area (Å²) in [7, 11) is 1.59. The number of carbonyl (C=O) groups is 2. The lowest BCUT2D eigenvalue weighted by atomic mass is 10.0. The van der Waals surface area contributed by atoms with Crippen LogP contribution in [0.3, 0.4) is 0 Å². The molecule has 2 heterocycles. The van der Waals surface area contributed by atoms with E-state index in [1.54, 1.807) is 24.8 Å². The van der Waals surface area contributed by atoms with Gasteiger partial charge in [-0.2, -0.15) is 5.10 Å². The number of aromatic nitrogens is 2. The summed E-state index contributed by atoms with van der Waals surface area (Å²) in [6, 6.07) is 13.2. The lowest BCUT2D eigenvalue weighted by Crippen LogP contribution is -2.37. The first-order valence-corrected chi connectivity index (χ1v) is 9.99. The molecule has 2 aromatic carbocycles. The van der Waals surface area contributed by atoms with E-state index in [1.165, 1.54) is 23.1 Å². The van der Waals surface area contributed by atoms with Crippen LogP contribution in [-0.2, 0) is 17.7 Å². The molecule has 0 saturated carbocycles. The van der Waals surface area contributed by atoms with E-state index in [-0.39, 0.29) is 24.4 Å². The van der Waals surface area contributed by atoms with E-state index in [0.717, 1.165) is 11.4 Å². The molecule has 8 heteroatoms. The summed E-state index contributed by atoms with van der Waals surface area (Å²) >= 11 is 0. The highest BCUT2D eigenvalue weighted by atomic mass is 19.1. The number of hydrogen-bond donors (Lipinski definition) is 0. The van der Waals surface area contributed by atoms with Crippen LogP contribution in [0.15, 0.2) is 48.5 Å². The van der Waals surface area contributed by atoms with Crippen molar-refractivity contribution in [2.45, 2.75) is 19.9 Å². The van der Waals surface area contributed by atoms with Crippen molar-refractivity contribution in [3.8, 4) is 11.4 Å². The summed E-state index contributed by atoms with van der Waals surface area (Å²) in [6.07, 6.45) is 0.466. The first-order chi connectivity index (χ1) is 15.0. The monoisotopic (exact) mass is 423 g/mol. The number of amides is 1. The van der Waals surface area contributed by atoms with Gasteiger partial charge >= 0.3 is 5.97 Å². The minimum absolute atomic E-state index is 0.00572. The Bertz CT molecular complexity index is 1120. The van der Waals surface area contributed by atoms with Crippen LogP contribution >= 0.6 is 0 Å². The number of rotatable bonds is 5. The van der Waals surface area contributed by atoms with Gasteiger partial charge < -0.3 is 14.4 Å². The average Bonchev–Trinajstić information content (AvgIpc) is 3.18. The Balaban J connectivity index is 1.72. The molecule has 0 bridgehead atoms. The number of hydrogen-bond acceptors (Lipinski definition) is 5. The molecule has 0 fully saturated rings. The van der Waals surface area contributed by atoms with Crippen LogP contribution in [0.4, 0.5) is 4.39 Å². The summed E-state index contributed by atoms with van der Waals surface area (Å²) < 4.78 is 26.2. The molecule has 160 valence electrons. The number of methoxy groups -OCH3 is 1. The highest BCUT2D eigenvalue weighted by molar-refractivity contribution is 5.95. The predicted molar refractivity (Wildman–Crippen MR) is 111 cm³/mol. The van der Waals surface area contributed by atoms with E-state index >= 15 is 0 Å². The molecular weight excluding hydrogens is 401 g/mol. The van der Waals surface area contributed by atoms with Crippen LogP contribution in [0.2, 0.25) is 0 Å². The number of benzene rings is 2. The number of halogens is 1. The molecule has 3 aromatic rings. The maximum atomic E-state index is 14.1. The largest absolute Gasteiger partial charge is 0.497 e. The van der Waals surface area contributed by atoms with Crippen LogP contribution in [0, 0.1) is 5.82 Å². The van der Waals surface area contributed by atoms with Crippen molar-refractivity contribution in [3.63, 3.8) is 0 Å². The van der Waals surface area contributed by atoms with Crippen molar-refractivity contribution in [1.29, 1.82) is 0 Å². The van der Waals surface area contributed by atoms with E-state index in [9.17, 15) is 14.0 Å². The van der Waals surface area contributed by atoms with Gasteiger partial charge in [-0.1, -0.05) is 12.1 Å². The zero-order chi connectivity index (χ0) is 22.0. The topological polar surface area (TPSA) is 73.7 Å². The van der Waals surface area contributed by atoms with E-state index in [4.69, 9.17) is 9.47 Å². The van der Waals surface area contributed by atoms with Crippen molar-refractivity contribution in [2.24, 2.45) is 0 Å². The Kier molecular flexibility index (Phi) is 5.70. The molecule has 4 rings (SSSR count). The van der Waals surface area contributed by atoms with E-state index < -0.39 is 17.7 Å². The Hall–Kier alpha value is -3.68. The molecule has 0 spiro atoms. The summed E-state index contributed by atoms with van der Waals surface area (Å²) in [5.41, 5.74) is 2.38. The molecule has 0 radical (unpaired) electrons. The SMILES string of the molecule is CCOC(=O)c1nn(-c2ccc(OC)cc2)c2c1CN(C(=O)c1ccccc1F)CC2. The number of esters is 1. The van der Waals surface area contributed by atoms with Crippen LogP contribution in [-0.4, -0.2) is 46.8 Å². The van der Waals surface area contributed by atoms with Gasteiger partial charge in [0.2, 0.25) is 0 Å². The van der Waals surface area contributed by atoms with E-state index in [0.29, 0.717) is 24.3 Å². The quantitative estimate of drug-likeness (QED) is 0.588. The molecule has 0 unspecified atom stereocenters. The summed E-state index contributed by atoms with van der Waals surface area (Å²) in [6.45, 7) is 2.46. The number of ether oxygens (including phenoxy) is 2. The summed E-state index contributed by atoms with van der Waals surface area (Å²) in [5, 5.41) is 4.51. The minimum Gasteiger partial charge on any atom is -0.497 e. The third-order valence-electron chi connectivity index (χ3n) is 5.23. The molecule has 0 aliphatic carbocycles. The Morgan fingerprint density at radius 1 is 1.13 bits per heavy atom. The van der Waals surface area contributed by atoms with Gasteiger partial charge in [0.25, 0.3) is 5.91 Å². The molecule has 1 aromatic heterocycles. The van der Waals surface area contributed by atoms with Gasteiger partial charge in [-0.05, 0) is 43.3 Å². The summed E-state index contributed by atoms with van der Waals surface area (Å²) in [5.74, 6) is -0.836. The van der Waals surface area contributed by atoms with Gasteiger partial charge in [-0.3, -0.25) is 4.79 Å². The lowest BCUT2D eigenvalue weighted by molar-refractivity contribution is 0.0513. The molecule has 0 N–H and O–H groups in total. The van der Waals surface area contributed by atoms with Crippen molar-refractivity contribution in [1.82, 2.24) is 14.7 Å². The van der Waals surface area contributed by atoms with Crippen molar-refractivity contribution >= 4 is 11.9 Å². The Morgan fingerprint density at radius 3 is 2.55 bits per heavy atom. The van der Waals surface area contributed by atoms with Crippen LogP contribution < -0.4 is 4.74 Å². The molecule has 1 aliphatic rings. The first kappa shape index (κ1) is 20.6. The van der Waals surface area contributed by atoms with Crippen molar-refractivity contribution < 1.29 is 23.5 Å². The maximum Gasteiger partial charge on any atom is 0.359 e. The fraction of sp³-hybridized carbons (Fsp3) is 0.261. The third-order valence-corrected chi connectivity index (χ3v) is 5.23. The highest BCUT2D eigenvalue weighted by Gasteiger charge is 2.32. The van der Waals surface area contributed by atoms with Crippen LogP contribution in [0.5, 0.6) is 5.75 Å². The number of fused-ring (bicyclic) bond motifs is 1. The second-order valence-corrected chi connectivity index (χ2v) is 7.06. The lowest BCUT2D eigenvalue weighted by Gasteiger charge is -2.28. The molecule has 0 saturated heterocycles. The summed E-state index contributed by atoms with van der Waals surface area (Å²) in [4.78, 5) is 27.0. The molecular formula is C23H22FN3O4. The first-order valence-electron chi connectivity index (χ1n) is 9.99. The molecule has 1 aliphatic heterocycles. The number of nitrogens with zero attached hydrogens (tertiary/aromatic N) is 3. The van der Waals surface area contributed by atoms with Gasteiger partial charge in [-0.15, -0.1) is 0 Å². The number of carbonyl (C=O) groups excluding carboxylic acids is 2. The fourth-order valence-corrected chi connectivity index (χ4v) is 3.70. The second-order valence-electron chi connectivity index (χ2n) is 7.06. The van der Waals surface area contributed by atoms with Gasteiger partial charge in [0, 0.05) is 18.5 Å². The molecule has 0 atom stereocenters. The average molecular weight is 423 g/mol. The smallest absolute Gasteiger partial charge is 0.359 e. The Morgan fingerprint density at radius 2 is 1.87 bits per heavy atom. The molecule has 31 heavy (non-hydrogen) atoms. The molecule has 1 amide bonds. The van der Waals surface area contributed by atoms with Crippen molar-refractivity contribution in [3.05, 3.63) is 76.9 Å². The molecule has 7 nitrogen and oxygen atoms in total. The predicted octanol–water partition coefficient (Wildman–Crippen LogP) is 3.40. The fourth-order valence-electron chi connectivity index (χ4n) is 3.70. The zero-order valence-electron chi connectivity index (χ0n) is 17.3. The van der Waals surface area contributed by atoms with Gasteiger partial charge in [0.05, 0.1) is 37.2 Å². The van der Waals surface area contributed by atoms with Crippen LogP contribution in [0.25, 0.3) is 5.69 Å². The van der Waals surface area contributed by atoms with Crippen LogP contribution in [0.1, 0.15) is 39.0 Å². The van der Waals surface area contributed by atoms with Crippen molar-refractivity contribution in [2.75, 3.05) is 20.3 Å². The maximum absolute atomic E-state index is 14.1. The van der Waals surface area contributed by atoms with E-state index in [2.05, 4.69) is 5.10 Å². The van der Waals surface area contributed by atoms with Gasteiger partial charge in [-0.25, -0.2) is 13.9 Å². The third kappa shape index (κ3) is 3.88. The van der Waals surface area contributed by atoms with Gasteiger partial charge in [0.1, 0.15) is 11.6 Å².